The van der Waals surface area contributed by atoms with E-state index in [1.807, 2.05) is 19.9 Å². The second kappa shape index (κ2) is 9.67. The van der Waals surface area contributed by atoms with Gasteiger partial charge in [0.1, 0.15) is 5.82 Å². The summed E-state index contributed by atoms with van der Waals surface area (Å²) in [6, 6.07) is 5.49. The van der Waals surface area contributed by atoms with Crippen molar-refractivity contribution in [3.05, 3.63) is 29.6 Å². The molecule has 1 aromatic carbocycles. The van der Waals surface area contributed by atoms with E-state index in [0.717, 1.165) is 6.07 Å². The minimum atomic E-state index is -1.66. The van der Waals surface area contributed by atoms with Crippen LogP contribution in [0.25, 0.3) is 0 Å². The molecule has 9 heteroatoms. The Kier molecular flexibility index (Phi) is 7.55. The SMILES string of the molecule is CC(C)CC(NC(=O)CCC(=O)C1CCN1c1ccc(C#N)cc1F)B(O)O. The van der Waals surface area contributed by atoms with E-state index >= 15 is 0 Å². The number of nitrogens with one attached hydrogen (secondary N) is 1. The zero-order valence-corrected chi connectivity index (χ0v) is 16.1. The molecular weight excluding hydrogens is 364 g/mol. The topological polar surface area (TPSA) is 114 Å². The van der Waals surface area contributed by atoms with Gasteiger partial charge in [0.15, 0.2) is 5.78 Å². The van der Waals surface area contributed by atoms with Crippen molar-refractivity contribution in [1.29, 1.82) is 5.26 Å². The van der Waals surface area contributed by atoms with Crippen molar-refractivity contribution in [3.63, 3.8) is 0 Å². The molecule has 1 saturated heterocycles. The van der Waals surface area contributed by atoms with Crippen LogP contribution < -0.4 is 10.2 Å². The summed E-state index contributed by atoms with van der Waals surface area (Å²) in [7, 11) is -1.66. The number of hydrogen-bond acceptors (Lipinski definition) is 6. The first-order chi connectivity index (χ1) is 13.2. The van der Waals surface area contributed by atoms with Gasteiger partial charge in [-0.2, -0.15) is 5.26 Å². The summed E-state index contributed by atoms with van der Waals surface area (Å²) in [5.74, 6) is -1.77. The normalized spacial score (nSPS) is 16.9. The molecule has 1 heterocycles. The van der Waals surface area contributed by atoms with Gasteiger partial charge < -0.3 is 20.3 Å². The number of benzene rings is 1. The molecule has 1 aliphatic heterocycles. The summed E-state index contributed by atoms with van der Waals surface area (Å²) in [5, 5.41) is 30.1. The highest BCUT2D eigenvalue weighted by Gasteiger charge is 2.35. The van der Waals surface area contributed by atoms with Crippen molar-refractivity contribution in [3.8, 4) is 6.07 Å². The first-order valence-electron chi connectivity index (χ1n) is 9.37. The number of halogens is 1. The Morgan fingerprint density at radius 1 is 1.39 bits per heavy atom. The standard InChI is InChI=1S/C19H25BFN3O4/c1-12(2)9-18(20(27)28)23-19(26)6-5-17(25)16-7-8-24(16)15-4-3-13(11-22)10-14(15)21/h3-4,10,12,16,18,27-28H,5-9H2,1-2H3,(H,23,26). The summed E-state index contributed by atoms with van der Waals surface area (Å²) in [4.78, 5) is 26.1. The van der Waals surface area contributed by atoms with E-state index < -0.39 is 30.8 Å². The molecule has 1 fully saturated rings. The number of Topliss-reactive ketones (excluding diaryl/α,β-unsaturated/α-hetero) is 1. The van der Waals surface area contributed by atoms with Crippen LogP contribution in [0.15, 0.2) is 18.2 Å². The third-order valence-corrected chi connectivity index (χ3v) is 4.81. The van der Waals surface area contributed by atoms with Crippen LogP contribution >= 0.6 is 0 Å². The molecule has 150 valence electrons. The first-order valence-corrected chi connectivity index (χ1v) is 9.37. The van der Waals surface area contributed by atoms with Crippen molar-refractivity contribution >= 4 is 24.5 Å². The lowest BCUT2D eigenvalue weighted by molar-refractivity contribution is -0.126. The number of nitrogens with zero attached hydrogens (tertiary/aromatic N) is 2. The van der Waals surface area contributed by atoms with E-state index in [4.69, 9.17) is 5.26 Å². The van der Waals surface area contributed by atoms with Crippen LogP contribution in [0.3, 0.4) is 0 Å². The predicted octanol–water partition coefficient (Wildman–Crippen LogP) is 1.17. The number of nitriles is 1. The van der Waals surface area contributed by atoms with Gasteiger partial charge >= 0.3 is 7.12 Å². The van der Waals surface area contributed by atoms with E-state index in [2.05, 4.69) is 5.32 Å². The molecule has 7 nitrogen and oxygen atoms in total. The lowest BCUT2D eigenvalue weighted by Crippen LogP contribution is -2.53. The fraction of sp³-hybridized carbons (Fsp3) is 0.526. The van der Waals surface area contributed by atoms with E-state index in [1.54, 1.807) is 4.90 Å². The molecule has 1 aliphatic rings. The van der Waals surface area contributed by atoms with E-state index in [1.165, 1.54) is 12.1 Å². The molecule has 0 aromatic heterocycles. The Labute approximate surface area is 164 Å². The van der Waals surface area contributed by atoms with Gasteiger partial charge in [0.2, 0.25) is 5.91 Å². The Bertz CT molecular complexity index is 766. The Morgan fingerprint density at radius 2 is 2.11 bits per heavy atom. The Balaban J connectivity index is 1.89. The highest BCUT2D eigenvalue weighted by molar-refractivity contribution is 6.43. The molecular formula is C19H25BFN3O4. The number of carbonyl (C=O) groups excluding carboxylic acids is 2. The maximum atomic E-state index is 14.2. The van der Waals surface area contributed by atoms with Crippen molar-refractivity contribution in [1.82, 2.24) is 5.32 Å². The van der Waals surface area contributed by atoms with Crippen LogP contribution in [0.4, 0.5) is 10.1 Å². The van der Waals surface area contributed by atoms with Gasteiger partial charge in [-0.1, -0.05) is 13.8 Å². The number of carbonyl (C=O) groups is 2. The van der Waals surface area contributed by atoms with Crippen molar-refractivity contribution < 1.29 is 24.0 Å². The molecule has 1 amide bonds. The van der Waals surface area contributed by atoms with E-state index in [0.29, 0.717) is 19.4 Å². The molecule has 0 spiro atoms. The zero-order valence-electron chi connectivity index (χ0n) is 16.1. The third-order valence-electron chi connectivity index (χ3n) is 4.81. The molecule has 2 rings (SSSR count). The highest BCUT2D eigenvalue weighted by atomic mass is 19.1. The van der Waals surface area contributed by atoms with Crippen molar-refractivity contribution in [2.45, 2.75) is 51.5 Å². The Hall–Kier alpha value is -2.44. The Morgan fingerprint density at radius 3 is 2.61 bits per heavy atom. The molecule has 0 aliphatic carbocycles. The van der Waals surface area contributed by atoms with Crippen LogP contribution in [0, 0.1) is 23.1 Å². The second-order valence-corrected chi connectivity index (χ2v) is 7.46. The van der Waals surface area contributed by atoms with E-state index in [-0.39, 0.29) is 35.8 Å². The van der Waals surface area contributed by atoms with Crippen molar-refractivity contribution in [2.75, 3.05) is 11.4 Å². The monoisotopic (exact) mass is 389 g/mol. The van der Waals surface area contributed by atoms with Crippen LogP contribution in [0.5, 0.6) is 0 Å². The zero-order chi connectivity index (χ0) is 20.8. The van der Waals surface area contributed by atoms with Crippen LogP contribution in [-0.2, 0) is 9.59 Å². The fourth-order valence-electron chi connectivity index (χ4n) is 3.27. The van der Waals surface area contributed by atoms with Gasteiger partial charge in [-0.3, -0.25) is 9.59 Å². The minimum Gasteiger partial charge on any atom is -0.426 e. The van der Waals surface area contributed by atoms with Crippen LogP contribution in [0.2, 0.25) is 0 Å². The largest absolute Gasteiger partial charge is 0.475 e. The summed E-state index contributed by atoms with van der Waals surface area (Å²) in [6.45, 7) is 4.33. The first kappa shape index (κ1) is 21.9. The highest BCUT2D eigenvalue weighted by Crippen LogP contribution is 2.30. The summed E-state index contributed by atoms with van der Waals surface area (Å²) >= 11 is 0. The maximum absolute atomic E-state index is 14.2. The number of rotatable bonds is 9. The number of ketones is 1. The summed E-state index contributed by atoms with van der Waals surface area (Å²) in [5.41, 5.74) is 0.483. The lowest BCUT2D eigenvalue weighted by Gasteiger charge is -2.42. The quantitative estimate of drug-likeness (QED) is 0.547. The van der Waals surface area contributed by atoms with Gasteiger partial charge in [-0.25, -0.2) is 4.39 Å². The van der Waals surface area contributed by atoms with Gasteiger partial charge in [0.05, 0.1) is 29.3 Å². The average molecular weight is 389 g/mol. The number of anilines is 1. The smallest absolute Gasteiger partial charge is 0.426 e. The lowest BCUT2D eigenvalue weighted by atomic mass is 9.75. The van der Waals surface area contributed by atoms with Gasteiger partial charge in [0.25, 0.3) is 0 Å². The second-order valence-electron chi connectivity index (χ2n) is 7.46. The molecule has 0 saturated carbocycles. The molecule has 0 bridgehead atoms. The molecule has 2 unspecified atom stereocenters. The molecule has 3 N–H and O–H groups in total. The van der Waals surface area contributed by atoms with Gasteiger partial charge in [-0.15, -0.1) is 0 Å². The molecule has 2 atom stereocenters. The van der Waals surface area contributed by atoms with Crippen LogP contribution in [-0.4, -0.2) is 47.4 Å². The summed E-state index contributed by atoms with van der Waals surface area (Å²) < 4.78 is 14.2. The summed E-state index contributed by atoms with van der Waals surface area (Å²) in [6.07, 6.45) is 0.901. The predicted molar refractivity (Wildman–Crippen MR) is 103 cm³/mol. The number of amides is 1. The third kappa shape index (κ3) is 5.53. The van der Waals surface area contributed by atoms with Crippen molar-refractivity contribution in [2.24, 2.45) is 5.92 Å². The molecule has 1 aromatic rings. The molecule has 0 radical (unpaired) electrons. The number of hydrogen-bond donors (Lipinski definition) is 3. The fourth-order valence-corrected chi connectivity index (χ4v) is 3.27. The van der Waals surface area contributed by atoms with Gasteiger partial charge in [-0.05, 0) is 37.0 Å². The van der Waals surface area contributed by atoms with Crippen LogP contribution in [0.1, 0.15) is 45.1 Å². The average Bonchev–Trinajstić information content (AvgIpc) is 2.59. The minimum absolute atomic E-state index is 0.0131. The maximum Gasteiger partial charge on any atom is 0.475 e. The molecule has 28 heavy (non-hydrogen) atoms. The van der Waals surface area contributed by atoms with Gasteiger partial charge in [0, 0.05) is 19.4 Å². The van der Waals surface area contributed by atoms with E-state index in [9.17, 15) is 24.0 Å².